The van der Waals surface area contributed by atoms with Crippen LogP contribution in [-0.4, -0.2) is 42.4 Å². The van der Waals surface area contributed by atoms with Gasteiger partial charge in [0.25, 0.3) is 5.91 Å². The highest BCUT2D eigenvalue weighted by Crippen LogP contribution is 2.52. The molecule has 5 unspecified atom stereocenters. The van der Waals surface area contributed by atoms with E-state index < -0.39 is 11.9 Å². The summed E-state index contributed by atoms with van der Waals surface area (Å²) >= 11 is 3.76. The number of carbonyl (C=O) groups is 2. The second-order valence-corrected chi connectivity index (χ2v) is 17.4. The van der Waals surface area contributed by atoms with Gasteiger partial charge in [0, 0.05) is 46.3 Å². The predicted octanol–water partition coefficient (Wildman–Crippen LogP) is 11.6. The summed E-state index contributed by atoms with van der Waals surface area (Å²) in [5, 5.41) is 3.27. The summed E-state index contributed by atoms with van der Waals surface area (Å²) in [5.41, 5.74) is 5.15. The summed E-state index contributed by atoms with van der Waals surface area (Å²) in [7, 11) is 0. The molecule has 9 heteroatoms. The molecule has 6 aliphatic rings. The number of nitrogens with one attached hydrogen (secondary N) is 1. The summed E-state index contributed by atoms with van der Waals surface area (Å²) in [6.45, 7) is 4.59. The molecule has 1 aromatic carbocycles. The molecular weight excluding hydrogens is 739 g/mol. The number of amides is 1. The van der Waals surface area contributed by atoms with Gasteiger partial charge in [-0.15, -0.1) is 0 Å². The van der Waals surface area contributed by atoms with Crippen LogP contribution in [0.1, 0.15) is 124 Å². The van der Waals surface area contributed by atoms with Crippen molar-refractivity contribution in [2.75, 3.05) is 18.4 Å². The number of halogens is 4. The zero-order valence-corrected chi connectivity index (χ0v) is 32.7. The van der Waals surface area contributed by atoms with Gasteiger partial charge in [-0.25, -0.2) is 0 Å². The number of alkyl halides is 3. The van der Waals surface area contributed by atoms with Crippen LogP contribution >= 0.6 is 15.9 Å². The largest absolute Gasteiger partial charge is 0.429 e. The highest BCUT2D eigenvalue weighted by Gasteiger charge is 2.46. The number of carbonyl (C=O) groups excluding carboxylic acids is 2. The second-order valence-electron chi connectivity index (χ2n) is 16.6. The van der Waals surface area contributed by atoms with Crippen LogP contribution in [0.4, 0.5) is 18.9 Å². The number of nitrogens with zero attached hydrogens (tertiary/aromatic N) is 2. The molecule has 7 rings (SSSR count). The molecule has 1 aromatic rings. The number of Topliss-reactive ketones (excluding diaryl/α,β-unsaturated/α-hetero) is 1. The minimum atomic E-state index is -4.42. The third kappa shape index (κ3) is 9.25. The minimum Gasteiger partial charge on any atom is -0.321 e. The first-order chi connectivity index (χ1) is 25.5. The van der Waals surface area contributed by atoms with Gasteiger partial charge in [-0.05, 0) is 148 Å². The van der Waals surface area contributed by atoms with E-state index in [-0.39, 0.29) is 48.3 Å². The number of hydrogen-bond acceptors (Lipinski definition) is 4. The van der Waals surface area contributed by atoms with Gasteiger partial charge >= 0.3 is 6.18 Å². The van der Waals surface area contributed by atoms with Gasteiger partial charge in [-0.3, -0.25) is 19.6 Å². The maximum absolute atomic E-state index is 14.7. The first-order valence-electron chi connectivity index (χ1n) is 20.0. The topological polar surface area (TPSA) is 70.9 Å². The quantitative estimate of drug-likeness (QED) is 0.240. The maximum Gasteiger partial charge on any atom is 0.429 e. The SMILES string of the molecule is Cc1cc(C2CC2)cc(C(=O)C2CCC2C2CC2)c1NC(=O)C1=CC(CC2CN=C(C(F)(F)F)CCCCC2C)=NCC1CC1=CCCC=CC=C1Br. The monoisotopic (exact) mass is 791 g/mol. The molecule has 3 saturated carbocycles. The van der Waals surface area contributed by atoms with Gasteiger partial charge in [0.05, 0.1) is 5.69 Å². The van der Waals surface area contributed by atoms with Crippen LogP contribution in [0.3, 0.4) is 0 Å². The Morgan fingerprint density at radius 2 is 1.77 bits per heavy atom. The van der Waals surface area contributed by atoms with Crippen LogP contribution < -0.4 is 5.32 Å². The molecule has 2 aliphatic heterocycles. The number of dihydropyridines is 1. The highest BCUT2D eigenvalue weighted by atomic mass is 79.9. The molecule has 4 aliphatic carbocycles. The number of aliphatic imine (C=N–C) groups is 2. The molecule has 2 heterocycles. The Morgan fingerprint density at radius 3 is 2.49 bits per heavy atom. The van der Waals surface area contributed by atoms with E-state index in [4.69, 9.17) is 4.99 Å². The lowest BCUT2D eigenvalue weighted by atomic mass is 9.67. The first kappa shape index (κ1) is 38.2. The van der Waals surface area contributed by atoms with Crippen LogP contribution in [0, 0.1) is 42.4 Å². The highest BCUT2D eigenvalue weighted by molar-refractivity contribution is 9.12. The van der Waals surface area contributed by atoms with Crippen molar-refractivity contribution in [3.63, 3.8) is 0 Å². The molecule has 284 valence electrons. The van der Waals surface area contributed by atoms with Crippen LogP contribution in [0.5, 0.6) is 0 Å². The van der Waals surface area contributed by atoms with Crippen molar-refractivity contribution in [1.82, 2.24) is 0 Å². The fourth-order valence-electron chi connectivity index (χ4n) is 8.87. The fourth-order valence-corrected chi connectivity index (χ4v) is 9.35. The van der Waals surface area contributed by atoms with Crippen LogP contribution in [0.15, 0.2) is 68.1 Å². The van der Waals surface area contributed by atoms with E-state index >= 15 is 0 Å². The van der Waals surface area contributed by atoms with E-state index in [1.807, 2.05) is 25.2 Å². The Labute approximate surface area is 321 Å². The van der Waals surface area contributed by atoms with E-state index in [1.165, 1.54) is 18.4 Å². The van der Waals surface area contributed by atoms with E-state index in [1.54, 1.807) is 0 Å². The van der Waals surface area contributed by atoms with E-state index in [0.29, 0.717) is 60.4 Å². The van der Waals surface area contributed by atoms with Gasteiger partial charge < -0.3 is 5.32 Å². The number of rotatable bonds is 10. The zero-order chi connectivity index (χ0) is 37.3. The fraction of sp³-hybridized carbons (Fsp3) is 0.591. The summed E-state index contributed by atoms with van der Waals surface area (Å²) in [4.78, 5) is 38.1. The van der Waals surface area contributed by atoms with Gasteiger partial charge in [0.1, 0.15) is 5.71 Å². The number of ketones is 1. The third-order valence-corrected chi connectivity index (χ3v) is 13.4. The average molecular weight is 793 g/mol. The molecule has 0 radical (unpaired) electrons. The molecule has 0 saturated heterocycles. The summed E-state index contributed by atoms with van der Waals surface area (Å²) in [6, 6.07) is 4.21. The molecule has 53 heavy (non-hydrogen) atoms. The van der Waals surface area contributed by atoms with E-state index in [2.05, 4.69) is 57.4 Å². The van der Waals surface area contributed by atoms with Gasteiger partial charge in [0.15, 0.2) is 5.78 Å². The molecule has 1 N–H and O–H groups in total. The lowest BCUT2D eigenvalue weighted by Crippen LogP contribution is -2.35. The summed E-state index contributed by atoms with van der Waals surface area (Å²) in [5.74, 6) is 1.38. The Morgan fingerprint density at radius 1 is 0.962 bits per heavy atom. The molecular formula is C44H53BrF3N3O2. The third-order valence-electron chi connectivity index (χ3n) is 12.7. The van der Waals surface area contributed by atoms with Crippen LogP contribution in [0.2, 0.25) is 0 Å². The lowest BCUT2D eigenvalue weighted by molar-refractivity contribution is -0.113. The van der Waals surface area contributed by atoms with Crippen molar-refractivity contribution in [1.29, 1.82) is 0 Å². The van der Waals surface area contributed by atoms with Crippen molar-refractivity contribution in [3.8, 4) is 0 Å². The standard InChI is InChI=1S/C44H53BrF3N3O2/c1-26-9-7-8-12-40(44(46,47)48)50-24-32(26)21-34-23-37(33(25-49-34)20-30-10-5-3-4-6-11-39(30)45)43(53)51-41-27(2)19-31(28-13-14-28)22-38(41)42(52)36-18-17-35(36)29-15-16-29/h4,6,10-11,19,22-23,26,28-29,32-33,35-36H,3,5,7-9,12-18,20-21,24-25H2,1-2H3,(H,51,53). The zero-order valence-electron chi connectivity index (χ0n) is 31.1. The molecule has 5 nitrogen and oxygen atoms in total. The minimum absolute atomic E-state index is 0.0207. The molecule has 3 fully saturated rings. The number of benzene rings is 1. The van der Waals surface area contributed by atoms with Crippen molar-refractivity contribution in [2.24, 2.45) is 45.5 Å². The van der Waals surface area contributed by atoms with Gasteiger partial charge in [-0.2, -0.15) is 13.2 Å². The maximum atomic E-state index is 14.7. The van der Waals surface area contributed by atoms with E-state index in [0.717, 1.165) is 72.7 Å². The van der Waals surface area contributed by atoms with Crippen molar-refractivity contribution < 1.29 is 22.8 Å². The molecule has 0 spiro atoms. The Bertz CT molecular complexity index is 1780. The van der Waals surface area contributed by atoms with Gasteiger partial charge in [0.2, 0.25) is 0 Å². The number of allylic oxidation sites excluding steroid dienone is 7. The Balaban J connectivity index is 1.19. The number of aryl methyl sites for hydroxylation is 1. The van der Waals surface area contributed by atoms with Crippen LogP contribution in [-0.2, 0) is 4.79 Å². The molecule has 0 aromatic heterocycles. The van der Waals surface area contributed by atoms with E-state index in [9.17, 15) is 22.8 Å². The first-order valence-corrected chi connectivity index (χ1v) is 20.8. The predicted molar refractivity (Wildman–Crippen MR) is 211 cm³/mol. The summed E-state index contributed by atoms with van der Waals surface area (Å²) in [6.07, 6.45) is 17.5. The number of hydrogen-bond donors (Lipinski definition) is 1. The van der Waals surface area contributed by atoms with Gasteiger partial charge in [-0.1, -0.05) is 60.0 Å². The molecule has 5 atom stereocenters. The number of anilines is 1. The summed E-state index contributed by atoms with van der Waals surface area (Å²) < 4.78 is 42.2. The normalized spacial score (nSPS) is 28.3. The molecule has 1 amide bonds. The average Bonchev–Trinajstić information content (AvgIpc) is 4.03. The smallest absolute Gasteiger partial charge is 0.321 e. The molecule has 0 bridgehead atoms. The van der Waals surface area contributed by atoms with Crippen molar-refractivity contribution in [2.45, 2.75) is 116 Å². The second kappa shape index (κ2) is 16.3. The Kier molecular flexibility index (Phi) is 11.8. The van der Waals surface area contributed by atoms with Crippen molar-refractivity contribution in [3.05, 3.63) is 74.8 Å². The lowest BCUT2D eigenvalue weighted by Gasteiger charge is -2.36. The Hall–Kier alpha value is -3.07. The van der Waals surface area contributed by atoms with Crippen molar-refractivity contribution >= 4 is 44.7 Å². The van der Waals surface area contributed by atoms with Crippen LogP contribution in [0.25, 0.3) is 0 Å².